The van der Waals surface area contributed by atoms with E-state index in [1.54, 1.807) is 24.3 Å². The Bertz CT molecular complexity index is 510. The molecule has 1 aromatic carbocycles. The first kappa shape index (κ1) is 13.3. The lowest BCUT2D eigenvalue weighted by Gasteiger charge is -2.38. The van der Waals surface area contributed by atoms with Crippen LogP contribution >= 0.6 is 0 Å². The van der Waals surface area contributed by atoms with E-state index in [2.05, 4.69) is 4.72 Å². The first-order valence-corrected chi connectivity index (χ1v) is 7.54. The predicted molar refractivity (Wildman–Crippen MR) is 70.1 cm³/mol. The topological polar surface area (TPSA) is 69.6 Å². The van der Waals surface area contributed by atoms with Gasteiger partial charge in [0.05, 0.1) is 11.8 Å². The van der Waals surface area contributed by atoms with Crippen molar-refractivity contribution in [1.82, 2.24) is 4.72 Å². The number of nitrogens with zero attached hydrogens (tertiary/aromatic N) is 1. The standard InChI is InChI=1S/C12H18N2O3S/c1-2-7-13-18(16,17)12-6-4-3-5-11(12)14-8-10(15)9-14/h3-6,10,13,15H,2,7-9H2,1H3. The lowest BCUT2D eigenvalue weighted by molar-refractivity contribution is 0.141. The Balaban J connectivity index is 2.27. The van der Waals surface area contributed by atoms with E-state index in [0.29, 0.717) is 25.3 Å². The SMILES string of the molecule is CCCNS(=O)(=O)c1ccccc1N1CC(O)C1. The smallest absolute Gasteiger partial charge is 0.242 e. The zero-order valence-electron chi connectivity index (χ0n) is 10.3. The molecule has 2 rings (SSSR count). The first-order valence-electron chi connectivity index (χ1n) is 6.06. The second-order valence-corrected chi connectivity index (χ2v) is 6.16. The van der Waals surface area contributed by atoms with Crippen LogP contribution < -0.4 is 9.62 Å². The van der Waals surface area contributed by atoms with E-state index in [1.807, 2.05) is 11.8 Å². The Morgan fingerprint density at radius 3 is 2.67 bits per heavy atom. The van der Waals surface area contributed by atoms with E-state index in [1.165, 1.54) is 0 Å². The van der Waals surface area contributed by atoms with E-state index in [0.717, 1.165) is 6.42 Å². The Morgan fingerprint density at radius 2 is 2.06 bits per heavy atom. The number of aliphatic hydroxyl groups is 1. The van der Waals surface area contributed by atoms with Crippen LogP contribution in [0.25, 0.3) is 0 Å². The van der Waals surface area contributed by atoms with Crippen LogP contribution in [0.5, 0.6) is 0 Å². The monoisotopic (exact) mass is 270 g/mol. The number of hydrogen-bond acceptors (Lipinski definition) is 4. The Kier molecular flexibility index (Phi) is 3.89. The third-order valence-corrected chi connectivity index (χ3v) is 4.41. The van der Waals surface area contributed by atoms with Crippen molar-refractivity contribution in [2.24, 2.45) is 0 Å². The normalized spacial score (nSPS) is 16.7. The Labute approximate surface area is 107 Å². The van der Waals surface area contributed by atoms with E-state index in [-0.39, 0.29) is 11.0 Å². The van der Waals surface area contributed by atoms with Gasteiger partial charge in [0, 0.05) is 19.6 Å². The molecule has 1 aliphatic rings. The van der Waals surface area contributed by atoms with Crippen LogP contribution in [-0.4, -0.2) is 39.3 Å². The first-order chi connectivity index (χ1) is 8.54. The molecule has 0 aromatic heterocycles. The predicted octanol–water partition coefficient (Wildman–Crippen LogP) is 0.556. The quantitative estimate of drug-likeness (QED) is 0.820. The minimum Gasteiger partial charge on any atom is -0.389 e. The molecule has 0 aliphatic carbocycles. The highest BCUT2D eigenvalue weighted by Gasteiger charge is 2.29. The fourth-order valence-electron chi connectivity index (χ4n) is 1.91. The van der Waals surface area contributed by atoms with Gasteiger partial charge >= 0.3 is 0 Å². The highest BCUT2D eigenvalue weighted by atomic mass is 32.2. The van der Waals surface area contributed by atoms with Crippen molar-refractivity contribution in [3.8, 4) is 0 Å². The fourth-order valence-corrected chi connectivity index (χ4v) is 3.27. The molecule has 1 aromatic rings. The van der Waals surface area contributed by atoms with Gasteiger partial charge < -0.3 is 10.0 Å². The zero-order chi connectivity index (χ0) is 13.2. The summed E-state index contributed by atoms with van der Waals surface area (Å²) in [6, 6.07) is 6.88. The molecular weight excluding hydrogens is 252 g/mol. The highest BCUT2D eigenvalue weighted by Crippen LogP contribution is 2.28. The van der Waals surface area contributed by atoms with Crippen LogP contribution in [0.3, 0.4) is 0 Å². The van der Waals surface area contributed by atoms with Crippen molar-refractivity contribution in [2.45, 2.75) is 24.3 Å². The molecule has 2 N–H and O–H groups in total. The number of sulfonamides is 1. The molecule has 1 aliphatic heterocycles. The molecular formula is C12H18N2O3S. The van der Waals surface area contributed by atoms with E-state index < -0.39 is 10.0 Å². The zero-order valence-corrected chi connectivity index (χ0v) is 11.2. The van der Waals surface area contributed by atoms with Gasteiger partial charge in [-0.15, -0.1) is 0 Å². The number of β-amino-alcohol motifs (C(OH)–C–C–N with tert-alkyl or cyclic N) is 1. The van der Waals surface area contributed by atoms with Crippen LogP contribution in [0.1, 0.15) is 13.3 Å². The summed E-state index contributed by atoms with van der Waals surface area (Å²) in [6.07, 6.45) is 0.397. The highest BCUT2D eigenvalue weighted by molar-refractivity contribution is 7.89. The number of benzene rings is 1. The maximum Gasteiger partial charge on any atom is 0.242 e. The van der Waals surface area contributed by atoms with E-state index >= 15 is 0 Å². The fraction of sp³-hybridized carbons (Fsp3) is 0.500. The van der Waals surface area contributed by atoms with Crippen LogP contribution in [0.15, 0.2) is 29.2 Å². The summed E-state index contributed by atoms with van der Waals surface area (Å²) in [4.78, 5) is 2.15. The van der Waals surface area contributed by atoms with Crippen molar-refractivity contribution < 1.29 is 13.5 Å². The molecule has 0 spiro atoms. The maximum atomic E-state index is 12.1. The molecule has 1 heterocycles. The van der Waals surface area contributed by atoms with Gasteiger partial charge in [0.2, 0.25) is 10.0 Å². The van der Waals surface area contributed by atoms with Crippen molar-refractivity contribution in [3.05, 3.63) is 24.3 Å². The number of anilines is 1. The van der Waals surface area contributed by atoms with Crippen LogP contribution in [0.2, 0.25) is 0 Å². The van der Waals surface area contributed by atoms with E-state index in [4.69, 9.17) is 0 Å². The van der Waals surface area contributed by atoms with Crippen molar-refractivity contribution in [1.29, 1.82) is 0 Å². The van der Waals surface area contributed by atoms with Crippen LogP contribution in [-0.2, 0) is 10.0 Å². The molecule has 0 radical (unpaired) electrons. The summed E-state index contributed by atoms with van der Waals surface area (Å²) >= 11 is 0. The van der Waals surface area contributed by atoms with Gasteiger partial charge in [-0.05, 0) is 18.6 Å². The molecule has 0 unspecified atom stereocenters. The van der Waals surface area contributed by atoms with Crippen molar-refractivity contribution >= 4 is 15.7 Å². The summed E-state index contributed by atoms with van der Waals surface area (Å²) in [5.74, 6) is 0. The molecule has 0 amide bonds. The van der Waals surface area contributed by atoms with Gasteiger partial charge in [0.1, 0.15) is 4.90 Å². The Morgan fingerprint density at radius 1 is 1.39 bits per heavy atom. The molecule has 0 atom stereocenters. The molecule has 6 heteroatoms. The third-order valence-electron chi connectivity index (χ3n) is 2.90. The summed E-state index contributed by atoms with van der Waals surface area (Å²) in [7, 11) is -3.47. The summed E-state index contributed by atoms with van der Waals surface area (Å²) in [5, 5.41) is 9.31. The average molecular weight is 270 g/mol. The average Bonchev–Trinajstić information content (AvgIpc) is 2.33. The van der Waals surface area contributed by atoms with Crippen LogP contribution in [0, 0.1) is 0 Å². The van der Waals surface area contributed by atoms with E-state index in [9.17, 15) is 13.5 Å². The molecule has 1 fully saturated rings. The van der Waals surface area contributed by atoms with Gasteiger partial charge in [-0.3, -0.25) is 0 Å². The van der Waals surface area contributed by atoms with Gasteiger partial charge in [-0.25, -0.2) is 13.1 Å². The number of aliphatic hydroxyl groups excluding tert-OH is 1. The summed E-state index contributed by atoms with van der Waals surface area (Å²) in [6.45, 7) is 3.32. The lowest BCUT2D eigenvalue weighted by atomic mass is 10.1. The minimum atomic E-state index is -3.47. The Hall–Kier alpha value is -1.11. The summed E-state index contributed by atoms with van der Waals surface area (Å²) in [5.41, 5.74) is 0.659. The number of nitrogens with one attached hydrogen (secondary N) is 1. The third kappa shape index (κ3) is 2.66. The molecule has 5 nitrogen and oxygen atoms in total. The number of para-hydroxylation sites is 1. The molecule has 18 heavy (non-hydrogen) atoms. The molecule has 0 saturated carbocycles. The van der Waals surface area contributed by atoms with Gasteiger partial charge in [-0.2, -0.15) is 0 Å². The van der Waals surface area contributed by atoms with Crippen LogP contribution in [0.4, 0.5) is 5.69 Å². The number of hydrogen-bond donors (Lipinski definition) is 2. The minimum absolute atomic E-state index is 0.283. The van der Waals surface area contributed by atoms with Crippen molar-refractivity contribution in [3.63, 3.8) is 0 Å². The second kappa shape index (κ2) is 5.26. The molecule has 100 valence electrons. The van der Waals surface area contributed by atoms with Gasteiger partial charge in [0.25, 0.3) is 0 Å². The molecule has 1 saturated heterocycles. The van der Waals surface area contributed by atoms with Gasteiger partial charge in [-0.1, -0.05) is 19.1 Å². The number of rotatable bonds is 5. The second-order valence-electron chi connectivity index (χ2n) is 4.42. The molecule has 0 bridgehead atoms. The largest absolute Gasteiger partial charge is 0.389 e. The maximum absolute atomic E-state index is 12.1. The van der Waals surface area contributed by atoms with Gasteiger partial charge in [0.15, 0.2) is 0 Å². The van der Waals surface area contributed by atoms with Crippen molar-refractivity contribution in [2.75, 3.05) is 24.5 Å². The summed E-state index contributed by atoms with van der Waals surface area (Å²) < 4.78 is 26.8. The lowest BCUT2D eigenvalue weighted by Crippen LogP contribution is -2.51.